The fourth-order valence-corrected chi connectivity index (χ4v) is 2.28. The number of carboxylic acid groups (broad SMARTS) is 1. The molecule has 21 heavy (non-hydrogen) atoms. The van der Waals surface area contributed by atoms with Gasteiger partial charge in [-0.2, -0.15) is 5.10 Å². The second-order valence-electron chi connectivity index (χ2n) is 4.70. The monoisotopic (exact) mass is 282 g/mol. The topological polar surface area (TPSA) is 80.0 Å². The van der Waals surface area contributed by atoms with E-state index in [1.54, 1.807) is 23.1 Å². The number of nitrogens with zero attached hydrogens (tertiary/aromatic N) is 3. The van der Waals surface area contributed by atoms with Crippen molar-refractivity contribution in [3.63, 3.8) is 0 Å². The minimum absolute atomic E-state index is 0.298. The zero-order valence-electron chi connectivity index (χ0n) is 11.4. The van der Waals surface area contributed by atoms with Crippen LogP contribution in [0.15, 0.2) is 42.7 Å². The van der Waals surface area contributed by atoms with Crippen LogP contribution >= 0.6 is 0 Å². The number of carbonyl (C=O) groups is 1. The Labute approximate surface area is 121 Å². The zero-order chi connectivity index (χ0) is 14.8. The minimum Gasteiger partial charge on any atom is -0.478 e. The summed E-state index contributed by atoms with van der Waals surface area (Å²) in [5.74, 6) is -0.243. The summed E-state index contributed by atoms with van der Waals surface area (Å²) in [5, 5.41) is 18.3. The van der Waals surface area contributed by atoms with Gasteiger partial charge >= 0.3 is 5.97 Å². The van der Waals surface area contributed by atoms with Crippen LogP contribution in [0.5, 0.6) is 0 Å². The lowest BCUT2D eigenvalue weighted by molar-refractivity contribution is 0.0699. The fourth-order valence-electron chi connectivity index (χ4n) is 2.28. The van der Waals surface area contributed by atoms with Gasteiger partial charge in [-0.15, -0.1) is 0 Å². The molecule has 3 rings (SSSR count). The molecule has 0 unspecified atom stereocenters. The number of carboxylic acids is 1. The lowest BCUT2D eigenvalue weighted by atomic mass is 10.0. The normalized spacial score (nSPS) is 10.7. The smallest absolute Gasteiger partial charge is 0.336 e. The molecule has 2 aromatic carbocycles. The van der Waals surface area contributed by atoms with Gasteiger partial charge in [0.25, 0.3) is 0 Å². The Morgan fingerprint density at radius 2 is 2.00 bits per heavy atom. The highest BCUT2D eigenvalue weighted by molar-refractivity contribution is 6.07. The highest BCUT2D eigenvalue weighted by atomic mass is 16.4. The molecule has 0 aliphatic rings. The first-order valence-corrected chi connectivity index (χ1v) is 6.48. The third-order valence-corrected chi connectivity index (χ3v) is 3.24. The Morgan fingerprint density at radius 1 is 1.24 bits per heavy atom. The van der Waals surface area contributed by atoms with E-state index < -0.39 is 5.97 Å². The molecule has 0 bridgehead atoms. The first-order valence-electron chi connectivity index (χ1n) is 6.48. The first kappa shape index (κ1) is 13.1. The van der Waals surface area contributed by atoms with Gasteiger partial charge in [0.15, 0.2) is 5.82 Å². The van der Waals surface area contributed by atoms with Crippen LogP contribution in [0.25, 0.3) is 10.8 Å². The maximum Gasteiger partial charge on any atom is 0.336 e. The first-order chi connectivity index (χ1) is 10.1. The van der Waals surface area contributed by atoms with Gasteiger partial charge in [-0.1, -0.05) is 24.3 Å². The van der Waals surface area contributed by atoms with E-state index in [0.717, 1.165) is 11.1 Å². The van der Waals surface area contributed by atoms with E-state index in [1.165, 1.54) is 0 Å². The van der Waals surface area contributed by atoms with Crippen LogP contribution in [0.3, 0.4) is 0 Å². The van der Waals surface area contributed by atoms with Crippen LogP contribution in [0.1, 0.15) is 16.2 Å². The van der Waals surface area contributed by atoms with E-state index in [2.05, 4.69) is 15.4 Å². The van der Waals surface area contributed by atoms with Crippen molar-refractivity contribution in [1.29, 1.82) is 0 Å². The quantitative estimate of drug-likeness (QED) is 0.767. The average molecular weight is 282 g/mol. The van der Waals surface area contributed by atoms with Crippen molar-refractivity contribution in [2.45, 2.75) is 6.54 Å². The molecule has 1 aromatic heterocycles. The van der Waals surface area contributed by atoms with Gasteiger partial charge in [0, 0.05) is 18.1 Å². The van der Waals surface area contributed by atoms with Gasteiger partial charge in [-0.25, -0.2) is 9.78 Å². The van der Waals surface area contributed by atoms with Crippen molar-refractivity contribution in [1.82, 2.24) is 14.8 Å². The maximum atomic E-state index is 11.3. The molecule has 2 N–H and O–H groups in total. The third kappa shape index (κ3) is 2.55. The Hall–Kier alpha value is -2.89. The molecule has 0 saturated carbocycles. The summed E-state index contributed by atoms with van der Waals surface area (Å²) < 4.78 is 1.64. The SMILES string of the molecule is Cn1cnc(CNc2ccc(C(=O)O)c3ccccc23)n1. The fraction of sp³-hybridized carbons (Fsp3) is 0.133. The van der Waals surface area contributed by atoms with Crippen molar-refractivity contribution in [2.24, 2.45) is 7.05 Å². The summed E-state index contributed by atoms with van der Waals surface area (Å²) in [6.45, 7) is 0.483. The molecule has 0 amide bonds. The van der Waals surface area contributed by atoms with Crippen LogP contribution in [0.4, 0.5) is 5.69 Å². The summed E-state index contributed by atoms with van der Waals surface area (Å²) in [7, 11) is 1.81. The zero-order valence-corrected chi connectivity index (χ0v) is 11.4. The number of rotatable bonds is 4. The summed E-state index contributed by atoms with van der Waals surface area (Å²) >= 11 is 0. The van der Waals surface area contributed by atoms with Gasteiger partial charge < -0.3 is 10.4 Å². The standard InChI is InChI=1S/C15H14N4O2/c1-19-9-17-14(18-19)8-16-13-7-6-12(15(20)21)10-4-2-3-5-11(10)13/h2-7,9,16H,8H2,1H3,(H,20,21). The second kappa shape index (κ2) is 5.24. The Bertz CT molecular complexity index is 810. The number of benzene rings is 2. The molecule has 0 saturated heterocycles. The number of anilines is 1. The molecule has 106 valence electrons. The predicted molar refractivity (Wildman–Crippen MR) is 79.2 cm³/mol. The van der Waals surface area contributed by atoms with E-state index in [0.29, 0.717) is 23.3 Å². The Morgan fingerprint density at radius 3 is 2.67 bits per heavy atom. The van der Waals surface area contributed by atoms with Gasteiger partial charge in [-0.05, 0) is 17.5 Å². The molecule has 6 nitrogen and oxygen atoms in total. The van der Waals surface area contributed by atoms with Crippen molar-refractivity contribution >= 4 is 22.4 Å². The highest BCUT2D eigenvalue weighted by Gasteiger charge is 2.11. The lowest BCUT2D eigenvalue weighted by Crippen LogP contribution is -2.04. The molecule has 0 fully saturated rings. The molecular formula is C15H14N4O2. The summed E-state index contributed by atoms with van der Waals surface area (Å²) in [4.78, 5) is 15.4. The Kier molecular flexibility index (Phi) is 3.27. The summed E-state index contributed by atoms with van der Waals surface area (Å²) in [6.07, 6.45) is 1.64. The third-order valence-electron chi connectivity index (χ3n) is 3.24. The maximum absolute atomic E-state index is 11.3. The molecule has 0 aliphatic carbocycles. The number of nitrogens with one attached hydrogen (secondary N) is 1. The van der Waals surface area contributed by atoms with E-state index in [9.17, 15) is 9.90 Å². The average Bonchev–Trinajstić information content (AvgIpc) is 2.90. The second-order valence-corrected chi connectivity index (χ2v) is 4.70. The van der Waals surface area contributed by atoms with E-state index >= 15 is 0 Å². The van der Waals surface area contributed by atoms with E-state index in [-0.39, 0.29) is 0 Å². The van der Waals surface area contributed by atoms with Crippen molar-refractivity contribution in [2.75, 3.05) is 5.32 Å². The van der Waals surface area contributed by atoms with E-state index in [1.807, 2.05) is 31.3 Å². The van der Waals surface area contributed by atoms with Crippen molar-refractivity contribution in [3.05, 3.63) is 54.1 Å². The van der Waals surface area contributed by atoms with Gasteiger partial charge in [0.1, 0.15) is 6.33 Å². The number of hydrogen-bond acceptors (Lipinski definition) is 4. The minimum atomic E-state index is -0.927. The number of aromatic carboxylic acids is 1. The molecule has 0 aliphatic heterocycles. The van der Waals surface area contributed by atoms with Crippen LogP contribution < -0.4 is 5.32 Å². The summed E-state index contributed by atoms with van der Waals surface area (Å²) in [5.41, 5.74) is 1.16. The van der Waals surface area contributed by atoms with Crippen LogP contribution in [-0.2, 0) is 13.6 Å². The van der Waals surface area contributed by atoms with Crippen molar-refractivity contribution < 1.29 is 9.90 Å². The molecular weight excluding hydrogens is 268 g/mol. The summed E-state index contributed by atoms with van der Waals surface area (Å²) in [6, 6.07) is 10.8. The van der Waals surface area contributed by atoms with Gasteiger partial charge in [0.2, 0.25) is 0 Å². The number of hydrogen-bond donors (Lipinski definition) is 2. The highest BCUT2D eigenvalue weighted by Crippen LogP contribution is 2.27. The molecule has 0 radical (unpaired) electrons. The van der Waals surface area contributed by atoms with Gasteiger partial charge in [-0.3, -0.25) is 4.68 Å². The van der Waals surface area contributed by atoms with Gasteiger partial charge in [0.05, 0.1) is 12.1 Å². The lowest BCUT2D eigenvalue weighted by Gasteiger charge is -2.10. The molecule has 0 atom stereocenters. The molecule has 0 spiro atoms. The Balaban J connectivity index is 1.96. The molecule has 6 heteroatoms. The number of aryl methyl sites for hydroxylation is 1. The molecule has 1 heterocycles. The van der Waals surface area contributed by atoms with Crippen LogP contribution in [0.2, 0.25) is 0 Å². The largest absolute Gasteiger partial charge is 0.478 e. The van der Waals surface area contributed by atoms with Crippen LogP contribution in [-0.4, -0.2) is 25.8 Å². The van der Waals surface area contributed by atoms with Crippen LogP contribution in [0, 0.1) is 0 Å². The van der Waals surface area contributed by atoms with E-state index in [4.69, 9.17) is 0 Å². The van der Waals surface area contributed by atoms with Crippen molar-refractivity contribution in [3.8, 4) is 0 Å². The molecule has 3 aromatic rings. The number of fused-ring (bicyclic) bond motifs is 1. The predicted octanol–water partition coefficient (Wildman–Crippen LogP) is 2.28. The number of aromatic nitrogens is 3.